The normalized spacial score (nSPS) is 17.4. The molecule has 1 unspecified atom stereocenters. The third-order valence-corrected chi connectivity index (χ3v) is 3.57. The summed E-state index contributed by atoms with van der Waals surface area (Å²) < 4.78 is 11.2. The first-order valence-corrected chi connectivity index (χ1v) is 7.42. The number of hydrogen-bond donors (Lipinski definition) is 2. The molecular weight excluding hydrogens is 282 g/mol. The Morgan fingerprint density at radius 3 is 2.91 bits per heavy atom. The predicted octanol–water partition coefficient (Wildman–Crippen LogP) is 1.90. The van der Waals surface area contributed by atoms with Crippen LogP contribution in [0.2, 0.25) is 0 Å². The molecule has 3 rings (SSSR count). The molecule has 0 aliphatic carbocycles. The molecule has 116 valence electrons. The van der Waals surface area contributed by atoms with Crippen molar-refractivity contribution in [3.8, 4) is 5.75 Å². The van der Waals surface area contributed by atoms with Crippen molar-refractivity contribution < 1.29 is 14.3 Å². The quantitative estimate of drug-likeness (QED) is 0.854. The molecule has 1 aliphatic heterocycles. The van der Waals surface area contributed by atoms with Crippen LogP contribution in [0, 0.1) is 0 Å². The molecular formula is C16H19N3O3. The number of carbonyl (C=O) groups is 1. The van der Waals surface area contributed by atoms with Crippen LogP contribution in [0.1, 0.15) is 28.9 Å². The van der Waals surface area contributed by atoms with Crippen LogP contribution in [0.3, 0.4) is 0 Å². The molecule has 1 aromatic heterocycles. The highest BCUT2D eigenvalue weighted by Crippen LogP contribution is 2.16. The molecule has 0 saturated carbocycles. The van der Waals surface area contributed by atoms with Crippen LogP contribution in [0.15, 0.2) is 36.5 Å². The summed E-state index contributed by atoms with van der Waals surface area (Å²) in [5.41, 5.74) is 1.47. The summed E-state index contributed by atoms with van der Waals surface area (Å²) in [6.45, 7) is 1.81. The van der Waals surface area contributed by atoms with Crippen molar-refractivity contribution in [2.75, 3.05) is 13.2 Å². The van der Waals surface area contributed by atoms with Crippen LogP contribution in [0.4, 0.5) is 0 Å². The Labute approximate surface area is 128 Å². The summed E-state index contributed by atoms with van der Waals surface area (Å²) in [5.74, 6) is 0.626. The topological polar surface area (TPSA) is 76.2 Å². The van der Waals surface area contributed by atoms with Crippen LogP contribution in [-0.2, 0) is 11.3 Å². The lowest BCUT2D eigenvalue weighted by atomic mass is 10.2. The molecule has 6 heteroatoms. The largest absolute Gasteiger partial charge is 0.491 e. The standard InChI is InChI=1S/C16H19N3O3/c20-16(17-10-13-7-8-18-19-13)12-3-5-14(6-4-12)22-11-15-2-1-9-21-15/h3-8,15H,1-2,9-11H2,(H,17,20)(H,18,19). The molecule has 1 fully saturated rings. The molecule has 2 aromatic rings. The van der Waals surface area contributed by atoms with E-state index < -0.39 is 0 Å². The number of aromatic amines is 1. The minimum Gasteiger partial charge on any atom is -0.491 e. The van der Waals surface area contributed by atoms with Gasteiger partial charge >= 0.3 is 0 Å². The number of amides is 1. The van der Waals surface area contributed by atoms with E-state index in [4.69, 9.17) is 9.47 Å². The number of H-pyrrole nitrogens is 1. The summed E-state index contributed by atoms with van der Waals surface area (Å²) >= 11 is 0. The number of nitrogens with zero attached hydrogens (tertiary/aromatic N) is 1. The summed E-state index contributed by atoms with van der Waals surface area (Å²) in [6.07, 6.45) is 4.00. The Morgan fingerprint density at radius 2 is 2.23 bits per heavy atom. The first-order valence-electron chi connectivity index (χ1n) is 7.42. The van der Waals surface area contributed by atoms with Gasteiger partial charge in [0.15, 0.2) is 0 Å². The molecule has 0 spiro atoms. The number of ether oxygens (including phenoxy) is 2. The molecule has 1 saturated heterocycles. The van der Waals surface area contributed by atoms with Crippen molar-refractivity contribution in [3.05, 3.63) is 47.8 Å². The average molecular weight is 301 g/mol. The lowest BCUT2D eigenvalue weighted by molar-refractivity contribution is 0.0679. The second-order valence-electron chi connectivity index (χ2n) is 5.23. The van der Waals surface area contributed by atoms with Crippen LogP contribution >= 0.6 is 0 Å². The zero-order valence-electron chi connectivity index (χ0n) is 12.2. The van der Waals surface area contributed by atoms with E-state index in [1.165, 1.54) is 0 Å². The summed E-state index contributed by atoms with van der Waals surface area (Å²) in [7, 11) is 0. The van der Waals surface area contributed by atoms with Gasteiger partial charge in [-0.1, -0.05) is 0 Å². The van der Waals surface area contributed by atoms with Gasteiger partial charge in [-0.3, -0.25) is 9.89 Å². The maximum atomic E-state index is 12.0. The van der Waals surface area contributed by atoms with Gasteiger partial charge in [-0.25, -0.2) is 0 Å². The molecule has 1 aliphatic rings. The van der Waals surface area contributed by atoms with E-state index in [-0.39, 0.29) is 12.0 Å². The fourth-order valence-corrected chi connectivity index (χ4v) is 2.33. The third-order valence-electron chi connectivity index (χ3n) is 3.57. The minimum atomic E-state index is -0.125. The number of hydrogen-bond acceptors (Lipinski definition) is 4. The smallest absolute Gasteiger partial charge is 0.251 e. The van der Waals surface area contributed by atoms with Crippen molar-refractivity contribution in [3.63, 3.8) is 0 Å². The predicted molar refractivity (Wildman–Crippen MR) is 80.7 cm³/mol. The number of rotatable bonds is 6. The van der Waals surface area contributed by atoms with E-state index in [1.807, 2.05) is 6.07 Å². The van der Waals surface area contributed by atoms with Crippen LogP contribution in [-0.4, -0.2) is 35.4 Å². The highest BCUT2D eigenvalue weighted by molar-refractivity contribution is 5.94. The van der Waals surface area contributed by atoms with Crippen molar-refractivity contribution >= 4 is 5.91 Å². The Balaban J connectivity index is 1.48. The second-order valence-corrected chi connectivity index (χ2v) is 5.23. The van der Waals surface area contributed by atoms with Gasteiger partial charge in [-0.2, -0.15) is 5.10 Å². The molecule has 1 amide bonds. The SMILES string of the molecule is O=C(NCc1ccn[nH]1)c1ccc(OCC2CCCO2)cc1. The number of benzene rings is 1. The lowest BCUT2D eigenvalue weighted by Gasteiger charge is -2.11. The van der Waals surface area contributed by atoms with Crippen LogP contribution in [0.25, 0.3) is 0 Å². The fraction of sp³-hybridized carbons (Fsp3) is 0.375. The first-order chi connectivity index (χ1) is 10.8. The summed E-state index contributed by atoms with van der Waals surface area (Å²) in [6, 6.07) is 8.95. The van der Waals surface area contributed by atoms with Crippen molar-refractivity contribution in [2.45, 2.75) is 25.5 Å². The average Bonchev–Trinajstić information content (AvgIpc) is 3.24. The highest BCUT2D eigenvalue weighted by Gasteiger charge is 2.16. The minimum absolute atomic E-state index is 0.125. The zero-order valence-corrected chi connectivity index (χ0v) is 12.2. The molecule has 2 N–H and O–H groups in total. The van der Waals surface area contributed by atoms with E-state index in [0.717, 1.165) is 30.9 Å². The summed E-state index contributed by atoms with van der Waals surface area (Å²) in [5, 5.41) is 9.46. The van der Waals surface area contributed by atoms with Crippen molar-refractivity contribution in [1.29, 1.82) is 0 Å². The van der Waals surface area contributed by atoms with Gasteiger partial charge in [0, 0.05) is 18.4 Å². The van der Waals surface area contributed by atoms with E-state index in [9.17, 15) is 4.79 Å². The van der Waals surface area contributed by atoms with Gasteiger partial charge in [-0.05, 0) is 43.2 Å². The van der Waals surface area contributed by atoms with Crippen molar-refractivity contribution in [2.24, 2.45) is 0 Å². The van der Waals surface area contributed by atoms with E-state index in [2.05, 4.69) is 15.5 Å². The Hall–Kier alpha value is -2.34. The molecule has 2 heterocycles. The monoisotopic (exact) mass is 301 g/mol. The van der Waals surface area contributed by atoms with E-state index >= 15 is 0 Å². The van der Waals surface area contributed by atoms with Crippen LogP contribution in [0.5, 0.6) is 5.75 Å². The molecule has 1 atom stereocenters. The Bertz CT molecular complexity index is 590. The maximum Gasteiger partial charge on any atom is 0.251 e. The van der Waals surface area contributed by atoms with Gasteiger partial charge in [0.2, 0.25) is 0 Å². The van der Waals surface area contributed by atoms with Gasteiger partial charge < -0.3 is 14.8 Å². The lowest BCUT2D eigenvalue weighted by Crippen LogP contribution is -2.23. The van der Waals surface area contributed by atoms with Crippen molar-refractivity contribution in [1.82, 2.24) is 15.5 Å². The Kier molecular flexibility index (Phi) is 4.70. The zero-order chi connectivity index (χ0) is 15.2. The van der Waals surface area contributed by atoms with Gasteiger partial charge in [0.1, 0.15) is 12.4 Å². The summed E-state index contributed by atoms with van der Waals surface area (Å²) in [4.78, 5) is 12.0. The number of aromatic nitrogens is 2. The van der Waals surface area contributed by atoms with E-state index in [1.54, 1.807) is 30.5 Å². The molecule has 6 nitrogen and oxygen atoms in total. The highest BCUT2D eigenvalue weighted by atomic mass is 16.5. The second kappa shape index (κ2) is 7.09. The van der Waals surface area contributed by atoms with Crippen LogP contribution < -0.4 is 10.1 Å². The molecule has 0 radical (unpaired) electrons. The maximum absolute atomic E-state index is 12.0. The Morgan fingerprint density at radius 1 is 1.36 bits per heavy atom. The fourth-order valence-electron chi connectivity index (χ4n) is 2.33. The van der Waals surface area contributed by atoms with Gasteiger partial charge in [0.25, 0.3) is 5.91 Å². The third kappa shape index (κ3) is 3.85. The number of carbonyl (C=O) groups excluding carboxylic acids is 1. The molecule has 0 bridgehead atoms. The van der Waals surface area contributed by atoms with E-state index in [0.29, 0.717) is 18.7 Å². The van der Waals surface area contributed by atoms with Gasteiger partial charge in [-0.15, -0.1) is 0 Å². The number of nitrogens with one attached hydrogen (secondary N) is 2. The molecule has 1 aromatic carbocycles. The van der Waals surface area contributed by atoms with Gasteiger partial charge in [0.05, 0.1) is 18.3 Å². The first kappa shape index (κ1) is 14.6. The molecule has 22 heavy (non-hydrogen) atoms.